The Morgan fingerprint density at radius 3 is 2.61 bits per heavy atom. The van der Waals surface area contributed by atoms with Crippen LogP contribution in [0.5, 0.6) is 0 Å². The van der Waals surface area contributed by atoms with Crippen LogP contribution in [0.1, 0.15) is 36.4 Å². The van der Waals surface area contributed by atoms with Crippen LogP contribution in [0.2, 0.25) is 0 Å². The Morgan fingerprint density at radius 1 is 1.50 bits per heavy atom. The van der Waals surface area contributed by atoms with Gasteiger partial charge in [0.1, 0.15) is 10.7 Å². The van der Waals surface area contributed by atoms with Crippen molar-refractivity contribution in [3.63, 3.8) is 0 Å². The molecule has 0 aromatic carbocycles. The molecular weight excluding hydrogens is 248 g/mol. The maximum atomic E-state index is 12.5. The highest BCUT2D eigenvalue weighted by Crippen LogP contribution is 2.34. The normalized spacial score (nSPS) is 18.1. The van der Waals surface area contributed by atoms with Gasteiger partial charge in [0.2, 0.25) is 0 Å². The zero-order valence-electron chi connectivity index (χ0n) is 11.4. The first-order valence-electron chi connectivity index (χ1n) is 6.08. The molecule has 0 unspecified atom stereocenters. The van der Waals surface area contributed by atoms with Gasteiger partial charge in [-0.05, 0) is 26.7 Å². The second-order valence-corrected chi connectivity index (χ2v) is 6.46. The van der Waals surface area contributed by atoms with E-state index in [9.17, 15) is 4.79 Å². The molecule has 1 aromatic rings. The minimum Gasteiger partial charge on any atom is -0.382 e. The molecule has 1 aliphatic heterocycles. The van der Waals surface area contributed by atoms with Gasteiger partial charge in [0.05, 0.1) is 0 Å². The second kappa shape index (κ2) is 4.42. The number of rotatable bonds is 2. The van der Waals surface area contributed by atoms with Crippen molar-refractivity contribution in [2.75, 3.05) is 31.3 Å². The highest BCUT2D eigenvalue weighted by Gasteiger charge is 2.37. The fourth-order valence-electron chi connectivity index (χ4n) is 2.27. The SMILES string of the molecule is CN(C)c1nc(N)c(C(=O)N2CCCC2(C)C)s1. The van der Waals surface area contributed by atoms with Crippen LogP contribution in [0.25, 0.3) is 0 Å². The quantitative estimate of drug-likeness (QED) is 0.888. The van der Waals surface area contributed by atoms with Crippen molar-refractivity contribution < 1.29 is 4.79 Å². The Labute approximate surface area is 112 Å². The lowest BCUT2D eigenvalue weighted by atomic mass is 10.0. The van der Waals surface area contributed by atoms with E-state index in [1.807, 2.05) is 23.9 Å². The van der Waals surface area contributed by atoms with Gasteiger partial charge < -0.3 is 15.5 Å². The van der Waals surface area contributed by atoms with Crippen LogP contribution in [-0.4, -0.2) is 42.0 Å². The van der Waals surface area contributed by atoms with E-state index in [1.165, 1.54) is 11.3 Å². The molecule has 0 aliphatic carbocycles. The van der Waals surface area contributed by atoms with Crippen LogP contribution in [-0.2, 0) is 0 Å². The first kappa shape index (κ1) is 13.1. The summed E-state index contributed by atoms with van der Waals surface area (Å²) in [5, 5.41) is 0.771. The third-order valence-electron chi connectivity index (χ3n) is 3.37. The Hall–Kier alpha value is -1.30. The lowest BCUT2D eigenvalue weighted by molar-refractivity contribution is 0.0658. The van der Waals surface area contributed by atoms with Crippen LogP contribution in [0.4, 0.5) is 10.9 Å². The topological polar surface area (TPSA) is 62.5 Å². The largest absolute Gasteiger partial charge is 0.382 e. The summed E-state index contributed by atoms with van der Waals surface area (Å²) in [6, 6.07) is 0. The van der Waals surface area contributed by atoms with Gasteiger partial charge in [-0.15, -0.1) is 0 Å². The van der Waals surface area contributed by atoms with Gasteiger partial charge in [0, 0.05) is 26.2 Å². The molecule has 0 atom stereocenters. The van der Waals surface area contributed by atoms with Crippen molar-refractivity contribution in [2.45, 2.75) is 32.2 Å². The first-order chi connectivity index (χ1) is 8.33. The predicted octanol–water partition coefficient (Wildman–Crippen LogP) is 1.81. The summed E-state index contributed by atoms with van der Waals surface area (Å²) in [5.74, 6) is 0.358. The summed E-state index contributed by atoms with van der Waals surface area (Å²) >= 11 is 1.36. The van der Waals surface area contributed by atoms with Gasteiger partial charge in [-0.3, -0.25) is 4.79 Å². The Bertz CT molecular complexity index is 467. The number of carbonyl (C=O) groups is 1. The van der Waals surface area contributed by atoms with E-state index < -0.39 is 0 Å². The van der Waals surface area contributed by atoms with E-state index in [1.54, 1.807) is 0 Å². The van der Waals surface area contributed by atoms with Crippen LogP contribution >= 0.6 is 11.3 Å². The number of carbonyl (C=O) groups excluding carboxylic acids is 1. The zero-order chi connectivity index (χ0) is 13.5. The van der Waals surface area contributed by atoms with Gasteiger partial charge in [-0.2, -0.15) is 0 Å². The first-order valence-corrected chi connectivity index (χ1v) is 6.90. The van der Waals surface area contributed by atoms with Crippen LogP contribution < -0.4 is 10.6 Å². The number of amides is 1. The van der Waals surface area contributed by atoms with Gasteiger partial charge in [0.15, 0.2) is 5.13 Å². The maximum Gasteiger partial charge on any atom is 0.268 e. The number of nitrogen functional groups attached to an aromatic ring is 1. The molecule has 1 fully saturated rings. The van der Waals surface area contributed by atoms with E-state index in [4.69, 9.17) is 5.73 Å². The van der Waals surface area contributed by atoms with Crippen molar-refractivity contribution in [3.05, 3.63) is 4.88 Å². The van der Waals surface area contributed by atoms with E-state index in [-0.39, 0.29) is 11.4 Å². The Morgan fingerprint density at radius 2 is 2.17 bits per heavy atom. The molecule has 2 N–H and O–H groups in total. The molecule has 1 aromatic heterocycles. The highest BCUT2D eigenvalue weighted by atomic mass is 32.1. The molecule has 2 rings (SSSR count). The summed E-state index contributed by atoms with van der Waals surface area (Å²) in [5.41, 5.74) is 5.78. The Balaban J connectivity index is 2.29. The number of nitrogens with two attached hydrogens (primary N) is 1. The standard InChI is InChI=1S/C12H20N4OS/c1-12(2)6-5-7-16(12)10(17)8-9(13)14-11(18-8)15(3)4/h5-7,13H2,1-4H3. The Kier molecular flexibility index (Phi) is 3.23. The van der Waals surface area contributed by atoms with Crippen molar-refractivity contribution in [2.24, 2.45) is 0 Å². The molecule has 6 heteroatoms. The van der Waals surface area contributed by atoms with Gasteiger partial charge >= 0.3 is 0 Å². The average Bonchev–Trinajstić information content (AvgIpc) is 2.80. The summed E-state index contributed by atoms with van der Waals surface area (Å²) in [6.07, 6.45) is 2.09. The molecule has 0 radical (unpaired) electrons. The monoisotopic (exact) mass is 268 g/mol. The van der Waals surface area contributed by atoms with Gasteiger partial charge in [-0.1, -0.05) is 11.3 Å². The van der Waals surface area contributed by atoms with Gasteiger partial charge in [0.25, 0.3) is 5.91 Å². The maximum absolute atomic E-state index is 12.5. The summed E-state index contributed by atoms with van der Waals surface area (Å²) in [4.78, 5) is 21.1. The van der Waals surface area contributed by atoms with E-state index in [0.29, 0.717) is 10.7 Å². The summed E-state index contributed by atoms with van der Waals surface area (Å²) in [6.45, 7) is 5.00. The summed E-state index contributed by atoms with van der Waals surface area (Å²) < 4.78 is 0. The molecule has 1 saturated heterocycles. The predicted molar refractivity (Wildman–Crippen MR) is 75.2 cm³/mol. The van der Waals surface area contributed by atoms with Crippen molar-refractivity contribution >= 4 is 28.2 Å². The molecule has 100 valence electrons. The average molecular weight is 268 g/mol. The van der Waals surface area contributed by atoms with Gasteiger partial charge in [-0.25, -0.2) is 4.98 Å². The highest BCUT2D eigenvalue weighted by molar-refractivity contribution is 7.18. The van der Waals surface area contributed by atoms with E-state index >= 15 is 0 Å². The number of hydrogen-bond acceptors (Lipinski definition) is 5. The third-order valence-corrected chi connectivity index (χ3v) is 4.59. The zero-order valence-corrected chi connectivity index (χ0v) is 12.2. The van der Waals surface area contributed by atoms with Crippen LogP contribution in [0.3, 0.4) is 0 Å². The molecule has 0 bridgehead atoms. The number of anilines is 2. The van der Waals surface area contributed by atoms with E-state index in [0.717, 1.165) is 24.5 Å². The lowest BCUT2D eigenvalue weighted by Crippen LogP contribution is -2.42. The fraction of sp³-hybridized carbons (Fsp3) is 0.667. The van der Waals surface area contributed by atoms with Crippen LogP contribution in [0, 0.1) is 0 Å². The number of hydrogen-bond donors (Lipinski definition) is 1. The minimum absolute atomic E-state index is 0.0144. The summed E-state index contributed by atoms with van der Waals surface area (Å²) in [7, 11) is 3.79. The minimum atomic E-state index is -0.0776. The number of likely N-dealkylation sites (tertiary alicyclic amines) is 1. The smallest absolute Gasteiger partial charge is 0.268 e. The number of thiazole rings is 1. The molecule has 18 heavy (non-hydrogen) atoms. The number of aromatic nitrogens is 1. The van der Waals surface area contributed by atoms with Crippen molar-refractivity contribution in [1.82, 2.24) is 9.88 Å². The molecule has 0 spiro atoms. The van der Waals surface area contributed by atoms with Crippen molar-refractivity contribution in [3.8, 4) is 0 Å². The van der Waals surface area contributed by atoms with E-state index in [2.05, 4.69) is 18.8 Å². The van der Waals surface area contributed by atoms with Crippen molar-refractivity contribution in [1.29, 1.82) is 0 Å². The molecule has 1 aliphatic rings. The lowest BCUT2D eigenvalue weighted by Gasteiger charge is -2.31. The number of nitrogens with zero attached hydrogens (tertiary/aromatic N) is 3. The second-order valence-electron chi connectivity index (χ2n) is 5.48. The van der Waals surface area contributed by atoms with Crippen LogP contribution in [0.15, 0.2) is 0 Å². The molecule has 0 saturated carbocycles. The molecule has 2 heterocycles. The molecule has 1 amide bonds. The fourth-order valence-corrected chi connectivity index (χ4v) is 3.13. The molecular formula is C12H20N4OS. The molecule has 5 nitrogen and oxygen atoms in total. The third kappa shape index (κ3) is 2.16.